The number of carboxylic acids is 1. The zero-order chi connectivity index (χ0) is 14.8. The smallest absolute Gasteiger partial charge is 0.357 e. The molecule has 0 aliphatic carbocycles. The van der Waals surface area contributed by atoms with Gasteiger partial charge in [0.1, 0.15) is 6.04 Å². The van der Waals surface area contributed by atoms with Gasteiger partial charge >= 0.3 is 21.2 Å². The number of carbonyl (C=O) groups is 1. The molecule has 108 valence electrons. The van der Waals surface area contributed by atoms with Crippen LogP contribution in [0.1, 0.15) is 19.3 Å². The molecule has 0 saturated carbocycles. The first-order valence-corrected chi connectivity index (χ1v) is 7.94. The lowest BCUT2D eigenvalue weighted by Crippen LogP contribution is -2.40. The third-order valence-electron chi connectivity index (χ3n) is 2.39. The third kappa shape index (κ3) is 4.11. The summed E-state index contributed by atoms with van der Waals surface area (Å²) in [5, 5.41) is 5.45. The first-order chi connectivity index (χ1) is 7.83. The highest BCUT2D eigenvalue weighted by atomic mass is 31.2. The van der Waals surface area contributed by atoms with E-state index in [1.54, 1.807) is 0 Å². The quantitative estimate of drug-likeness (QED) is 0.272. The van der Waals surface area contributed by atoms with Gasteiger partial charge in [0.05, 0.1) is 0 Å². The van der Waals surface area contributed by atoms with E-state index in [0.29, 0.717) is 0 Å². The summed E-state index contributed by atoms with van der Waals surface area (Å²) >= 11 is 0. The van der Waals surface area contributed by atoms with Crippen LogP contribution in [0.25, 0.3) is 0 Å². The Balaban J connectivity index is 4.83. The van der Waals surface area contributed by atoms with E-state index < -0.39 is 38.6 Å². The van der Waals surface area contributed by atoms with Gasteiger partial charge in [-0.05, 0) is 19.3 Å². The monoisotopic (exact) mass is 306 g/mol. The molecule has 10 nitrogen and oxygen atoms in total. The normalized spacial score (nSPS) is 15.4. The summed E-state index contributed by atoms with van der Waals surface area (Å²) in [4.78, 5) is 46.0. The number of carboxylic acid groups (broad SMARTS) is 1. The Morgan fingerprint density at radius 1 is 1.17 bits per heavy atom. The van der Waals surface area contributed by atoms with Gasteiger partial charge in [0.2, 0.25) is 5.02 Å². The Kier molecular flexibility index (Phi) is 5.67. The van der Waals surface area contributed by atoms with Crippen LogP contribution in [0.5, 0.6) is 0 Å². The SMILES string of the molecule is NC(CCCC(N)(P(=O)(O)O)P(=O)(O)O)C(=O)O. The fraction of sp³-hybridized carbons (Fsp3) is 0.833. The first kappa shape index (κ1) is 17.7. The molecular weight excluding hydrogens is 290 g/mol. The first-order valence-electron chi connectivity index (χ1n) is 4.71. The lowest BCUT2D eigenvalue weighted by molar-refractivity contribution is -0.138. The van der Waals surface area contributed by atoms with Crippen LogP contribution in [-0.4, -0.2) is 41.7 Å². The summed E-state index contributed by atoms with van der Waals surface area (Å²) in [7, 11) is -10.5. The summed E-state index contributed by atoms with van der Waals surface area (Å²) in [5.41, 5.74) is 10.2. The van der Waals surface area contributed by atoms with Gasteiger partial charge in [-0.15, -0.1) is 0 Å². The van der Waals surface area contributed by atoms with Gasteiger partial charge in [-0.25, -0.2) is 0 Å². The van der Waals surface area contributed by atoms with Crippen molar-refractivity contribution in [2.24, 2.45) is 11.5 Å². The second kappa shape index (κ2) is 5.77. The number of hydrogen-bond donors (Lipinski definition) is 7. The molecule has 0 amide bonds. The Bertz CT molecular complexity index is 378. The van der Waals surface area contributed by atoms with Crippen LogP contribution in [0.3, 0.4) is 0 Å². The minimum Gasteiger partial charge on any atom is -0.480 e. The predicted octanol–water partition coefficient (Wildman–Crippen LogP) is -1.46. The molecule has 0 heterocycles. The number of aliphatic carboxylic acids is 1. The molecule has 18 heavy (non-hydrogen) atoms. The minimum absolute atomic E-state index is 0.214. The van der Waals surface area contributed by atoms with Crippen molar-refractivity contribution >= 4 is 21.2 Å². The van der Waals surface area contributed by atoms with Crippen LogP contribution in [-0.2, 0) is 13.9 Å². The van der Waals surface area contributed by atoms with Crippen molar-refractivity contribution in [2.45, 2.75) is 30.3 Å². The van der Waals surface area contributed by atoms with Gasteiger partial charge in [-0.1, -0.05) is 0 Å². The van der Waals surface area contributed by atoms with Crippen LogP contribution >= 0.6 is 15.2 Å². The summed E-state index contributed by atoms with van der Waals surface area (Å²) in [6, 6.07) is -1.29. The van der Waals surface area contributed by atoms with Crippen LogP contribution in [0.4, 0.5) is 0 Å². The summed E-state index contributed by atoms with van der Waals surface area (Å²) in [5.74, 6) is -1.33. The maximum atomic E-state index is 11.0. The molecule has 0 aromatic heterocycles. The maximum absolute atomic E-state index is 11.0. The van der Waals surface area contributed by atoms with Crippen molar-refractivity contribution in [1.29, 1.82) is 0 Å². The standard InChI is InChI=1S/C6H16N2O8P2/c7-4(5(9)10)2-1-3-6(8,17(11,12)13)18(14,15)16/h4H,1-3,7-8H2,(H,9,10)(H2,11,12,13)(H2,14,15,16). The van der Waals surface area contributed by atoms with Crippen LogP contribution < -0.4 is 11.5 Å². The summed E-state index contributed by atoms with van der Waals surface area (Å²) in [6.07, 6.45) is -1.21. The highest BCUT2D eigenvalue weighted by Crippen LogP contribution is 2.67. The highest BCUT2D eigenvalue weighted by molar-refractivity contribution is 7.72. The van der Waals surface area contributed by atoms with E-state index in [1.807, 2.05) is 0 Å². The molecule has 0 aliphatic rings. The lowest BCUT2D eigenvalue weighted by Gasteiger charge is -2.30. The van der Waals surface area contributed by atoms with E-state index in [4.69, 9.17) is 36.1 Å². The highest BCUT2D eigenvalue weighted by Gasteiger charge is 2.56. The van der Waals surface area contributed by atoms with Gasteiger partial charge in [-0.3, -0.25) is 13.9 Å². The minimum atomic E-state index is -5.27. The molecule has 0 spiro atoms. The molecule has 0 aromatic carbocycles. The van der Waals surface area contributed by atoms with Crippen LogP contribution in [0, 0.1) is 0 Å². The lowest BCUT2D eigenvalue weighted by atomic mass is 10.1. The van der Waals surface area contributed by atoms with E-state index in [2.05, 4.69) is 0 Å². The molecule has 0 radical (unpaired) electrons. The van der Waals surface area contributed by atoms with Gasteiger partial charge in [-0.2, -0.15) is 0 Å². The Morgan fingerprint density at radius 3 is 1.83 bits per heavy atom. The number of nitrogens with two attached hydrogens (primary N) is 2. The zero-order valence-electron chi connectivity index (χ0n) is 9.21. The van der Waals surface area contributed by atoms with Crippen molar-refractivity contribution in [3.8, 4) is 0 Å². The fourth-order valence-electron chi connectivity index (χ4n) is 1.17. The van der Waals surface area contributed by atoms with E-state index in [0.717, 1.165) is 0 Å². The number of rotatable bonds is 7. The molecule has 0 rings (SSSR count). The Morgan fingerprint density at radius 2 is 1.56 bits per heavy atom. The molecular formula is C6H16N2O8P2. The third-order valence-corrected chi connectivity index (χ3v) is 6.41. The van der Waals surface area contributed by atoms with Crippen molar-refractivity contribution in [1.82, 2.24) is 0 Å². The van der Waals surface area contributed by atoms with Crippen molar-refractivity contribution in [2.75, 3.05) is 0 Å². The van der Waals surface area contributed by atoms with E-state index >= 15 is 0 Å². The predicted molar refractivity (Wildman–Crippen MR) is 60.5 cm³/mol. The fourth-order valence-corrected chi connectivity index (χ4v) is 3.42. The van der Waals surface area contributed by atoms with Gasteiger partial charge in [0.25, 0.3) is 0 Å². The Labute approximate surface area is 102 Å². The molecule has 0 aliphatic heterocycles. The molecule has 12 heteroatoms. The van der Waals surface area contributed by atoms with Gasteiger partial charge < -0.3 is 36.1 Å². The molecule has 0 bridgehead atoms. The van der Waals surface area contributed by atoms with Crippen molar-refractivity contribution in [3.05, 3.63) is 0 Å². The second-order valence-corrected chi connectivity index (χ2v) is 7.93. The molecule has 1 atom stereocenters. The van der Waals surface area contributed by atoms with Gasteiger partial charge in [0.15, 0.2) is 0 Å². The maximum Gasteiger partial charge on any atom is 0.357 e. The molecule has 1 unspecified atom stereocenters. The average molecular weight is 306 g/mol. The largest absolute Gasteiger partial charge is 0.480 e. The topological polar surface area (TPSA) is 204 Å². The summed E-state index contributed by atoms with van der Waals surface area (Å²) in [6.45, 7) is 0. The summed E-state index contributed by atoms with van der Waals surface area (Å²) < 4.78 is 22.1. The molecule has 0 aromatic rings. The zero-order valence-corrected chi connectivity index (χ0v) is 11.0. The number of hydrogen-bond acceptors (Lipinski definition) is 5. The van der Waals surface area contributed by atoms with E-state index in [-0.39, 0.29) is 12.8 Å². The van der Waals surface area contributed by atoms with Crippen molar-refractivity contribution in [3.63, 3.8) is 0 Å². The van der Waals surface area contributed by atoms with Crippen LogP contribution in [0.2, 0.25) is 0 Å². The van der Waals surface area contributed by atoms with Crippen LogP contribution in [0.15, 0.2) is 0 Å². The molecule has 0 fully saturated rings. The Hall–Kier alpha value is -0.310. The van der Waals surface area contributed by atoms with E-state index in [1.165, 1.54) is 0 Å². The molecule has 0 saturated heterocycles. The van der Waals surface area contributed by atoms with Crippen molar-refractivity contribution < 1.29 is 38.6 Å². The average Bonchev–Trinajstić information content (AvgIpc) is 2.13. The van der Waals surface area contributed by atoms with E-state index in [9.17, 15) is 13.9 Å². The van der Waals surface area contributed by atoms with Gasteiger partial charge in [0, 0.05) is 0 Å². The molecule has 9 N–H and O–H groups in total. The second-order valence-electron chi connectivity index (χ2n) is 3.80.